The first-order valence-electron chi connectivity index (χ1n) is 6.97. The summed E-state index contributed by atoms with van der Waals surface area (Å²) in [6.45, 7) is -0.0168. The van der Waals surface area contributed by atoms with Crippen LogP contribution in [0.4, 0.5) is 8.78 Å². The largest absolute Gasteiger partial charge is 0.325 e. The van der Waals surface area contributed by atoms with Crippen molar-refractivity contribution in [2.24, 2.45) is 5.73 Å². The molecule has 0 aliphatic rings. The molecule has 2 aromatic carbocycles. The van der Waals surface area contributed by atoms with Gasteiger partial charge in [-0.1, -0.05) is 60.7 Å². The first kappa shape index (κ1) is 15.6. The zero-order valence-electron chi connectivity index (χ0n) is 11.9. The molecule has 2 aromatic rings. The Labute approximate surface area is 124 Å². The lowest BCUT2D eigenvalue weighted by Crippen LogP contribution is -2.41. The van der Waals surface area contributed by atoms with Crippen molar-refractivity contribution in [1.82, 2.24) is 4.90 Å². The second-order valence-corrected chi connectivity index (χ2v) is 5.18. The van der Waals surface area contributed by atoms with Crippen LogP contribution in [-0.2, 0) is 13.1 Å². The fraction of sp³-hybridized carbons (Fsp3) is 0.294. The van der Waals surface area contributed by atoms with Crippen LogP contribution in [0.2, 0.25) is 0 Å². The van der Waals surface area contributed by atoms with Crippen LogP contribution in [0.3, 0.4) is 0 Å². The summed E-state index contributed by atoms with van der Waals surface area (Å²) in [5.74, 6) is -2.87. The topological polar surface area (TPSA) is 29.3 Å². The first-order valence-corrected chi connectivity index (χ1v) is 6.97. The normalized spacial score (nSPS) is 11.8. The maximum Gasteiger partial charge on any atom is 0.272 e. The Morgan fingerprint density at radius 3 is 1.62 bits per heavy atom. The molecule has 0 heterocycles. The number of rotatable bonds is 7. The maximum atomic E-state index is 13.6. The summed E-state index contributed by atoms with van der Waals surface area (Å²) < 4.78 is 27.3. The van der Waals surface area contributed by atoms with Crippen molar-refractivity contribution in [3.63, 3.8) is 0 Å². The van der Waals surface area contributed by atoms with Gasteiger partial charge in [0.1, 0.15) is 0 Å². The predicted octanol–water partition coefficient (Wildman–Crippen LogP) is 3.28. The summed E-state index contributed by atoms with van der Waals surface area (Å²) in [5.41, 5.74) is 7.19. The van der Waals surface area contributed by atoms with E-state index < -0.39 is 12.5 Å². The van der Waals surface area contributed by atoms with E-state index in [-0.39, 0.29) is 6.54 Å². The van der Waals surface area contributed by atoms with Crippen molar-refractivity contribution in [3.05, 3.63) is 71.8 Å². The molecular weight excluding hydrogens is 270 g/mol. The quantitative estimate of drug-likeness (QED) is 0.848. The van der Waals surface area contributed by atoms with Crippen LogP contribution in [0.25, 0.3) is 0 Å². The molecule has 0 amide bonds. The summed E-state index contributed by atoms with van der Waals surface area (Å²) in [4.78, 5) is 1.73. The average molecular weight is 290 g/mol. The van der Waals surface area contributed by atoms with Gasteiger partial charge in [0.2, 0.25) is 0 Å². The number of hydrogen-bond donors (Lipinski definition) is 1. The fourth-order valence-electron chi connectivity index (χ4n) is 2.24. The van der Waals surface area contributed by atoms with Crippen LogP contribution in [0.5, 0.6) is 0 Å². The molecule has 0 spiro atoms. The molecule has 0 radical (unpaired) electrons. The Morgan fingerprint density at radius 2 is 1.24 bits per heavy atom. The second kappa shape index (κ2) is 7.29. The zero-order chi connectivity index (χ0) is 15.1. The Hall–Kier alpha value is -1.78. The van der Waals surface area contributed by atoms with Gasteiger partial charge in [-0.05, 0) is 11.1 Å². The van der Waals surface area contributed by atoms with Crippen molar-refractivity contribution in [1.29, 1.82) is 0 Å². The highest BCUT2D eigenvalue weighted by Gasteiger charge is 2.29. The molecule has 2 N–H and O–H groups in total. The molecule has 2 nitrogen and oxygen atoms in total. The van der Waals surface area contributed by atoms with Crippen molar-refractivity contribution in [2.45, 2.75) is 19.0 Å². The Morgan fingerprint density at radius 1 is 0.810 bits per heavy atom. The molecule has 112 valence electrons. The third kappa shape index (κ3) is 5.25. The number of halogens is 2. The summed E-state index contributed by atoms with van der Waals surface area (Å²) in [6.07, 6.45) is 0. The Balaban J connectivity index is 2.10. The molecule has 0 aliphatic carbocycles. The minimum absolute atomic E-state index is 0.340. The third-order valence-electron chi connectivity index (χ3n) is 3.25. The second-order valence-electron chi connectivity index (χ2n) is 5.18. The van der Waals surface area contributed by atoms with E-state index in [2.05, 4.69) is 0 Å². The molecule has 0 unspecified atom stereocenters. The lowest BCUT2D eigenvalue weighted by molar-refractivity contribution is -0.0277. The maximum absolute atomic E-state index is 13.6. The highest BCUT2D eigenvalue weighted by molar-refractivity contribution is 5.17. The summed E-state index contributed by atoms with van der Waals surface area (Å²) in [5, 5.41) is 0. The highest BCUT2D eigenvalue weighted by atomic mass is 19.3. The van der Waals surface area contributed by atoms with Gasteiger partial charge in [0, 0.05) is 13.1 Å². The molecular formula is C17H20F2N2. The average Bonchev–Trinajstić information content (AvgIpc) is 2.49. The summed E-state index contributed by atoms with van der Waals surface area (Å²) in [6, 6.07) is 19.3. The fourth-order valence-corrected chi connectivity index (χ4v) is 2.24. The SMILES string of the molecule is NCC(F)(F)CN(Cc1ccccc1)Cc1ccccc1. The van der Waals surface area contributed by atoms with Gasteiger partial charge < -0.3 is 5.73 Å². The van der Waals surface area contributed by atoms with Crippen molar-refractivity contribution in [3.8, 4) is 0 Å². The molecule has 0 saturated heterocycles. The Bertz CT molecular complexity index is 488. The number of benzene rings is 2. The summed E-state index contributed by atoms with van der Waals surface area (Å²) in [7, 11) is 0. The molecule has 0 saturated carbocycles. The molecule has 4 heteroatoms. The van der Waals surface area contributed by atoms with Gasteiger partial charge in [0.15, 0.2) is 0 Å². The van der Waals surface area contributed by atoms with Crippen LogP contribution in [-0.4, -0.2) is 23.9 Å². The zero-order valence-corrected chi connectivity index (χ0v) is 11.9. The van der Waals surface area contributed by atoms with Crippen LogP contribution < -0.4 is 5.73 Å². The minimum Gasteiger partial charge on any atom is -0.325 e. The van der Waals surface area contributed by atoms with Gasteiger partial charge in [-0.25, -0.2) is 8.78 Å². The monoisotopic (exact) mass is 290 g/mol. The van der Waals surface area contributed by atoms with Crippen molar-refractivity contribution in [2.75, 3.05) is 13.1 Å². The van der Waals surface area contributed by atoms with Crippen molar-refractivity contribution < 1.29 is 8.78 Å². The minimum atomic E-state index is -2.87. The van der Waals surface area contributed by atoms with Gasteiger partial charge >= 0.3 is 0 Å². The third-order valence-corrected chi connectivity index (χ3v) is 3.25. The smallest absolute Gasteiger partial charge is 0.272 e. The van der Waals surface area contributed by atoms with Gasteiger partial charge in [0.05, 0.1) is 13.1 Å². The van der Waals surface area contributed by atoms with Crippen LogP contribution in [0.15, 0.2) is 60.7 Å². The lowest BCUT2D eigenvalue weighted by Gasteiger charge is -2.27. The van der Waals surface area contributed by atoms with Gasteiger partial charge in [-0.3, -0.25) is 4.90 Å². The number of alkyl halides is 2. The van der Waals surface area contributed by atoms with E-state index in [0.717, 1.165) is 11.1 Å². The van der Waals surface area contributed by atoms with Crippen LogP contribution in [0.1, 0.15) is 11.1 Å². The van der Waals surface area contributed by atoms with Crippen LogP contribution in [0, 0.1) is 0 Å². The van der Waals surface area contributed by atoms with E-state index in [9.17, 15) is 8.78 Å². The van der Waals surface area contributed by atoms with E-state index in [0.29, 0.717) is 13.1 Å². The molecule has 0 aromatic heterocycles. The standard InChI is InChI=1S/C17H20F2N2/c18-17(19,13-20)14-21(11-15-7-3-1-4-8-15)12-16-9-5-2-6-10-16/h1-10H,11-14,20H2. The molecule has 0 aliphatic heterocycles. The predicted molar refractivity (Wildman–Crippen MR) is 81.0 cm³/mol. The molecule has 21 heavy (non-hydrogen) atoms. The first-order chi connectivity index (χ1) is 10.1. The van der Waals surface area contributed by atoms with Crippen molar-refractivity contribution >= 4 is 0 Å². The lowest BCUT2D eigenvalue weighted by atomic mass is 10.1. The van der Waals surface area contributed by atoms with E-state index in [1.165, 1.54) is 0 Å². The van der Waals surface area contributed by atoms with Crippen LogP contribution >= 0.6 is 0 Å². The van der Waals surface area contributed by atoms with E-state index in [4.69, 9.17) is 5.73 Å². The molecule has 0 atom stereocenters. The molecule has 0 bridgehead atoms. The van der Waals surface area contributed by atoms with E-state index in [1.54, 1.807) is 4.90 Å². The van der Waals surface area contributed by atoms with E-state index in [1.807, 2.05) is 60.7 Å². The van der Waals surface area contributed by atoms with Gasteiger partial charge in [-0.2, -0.15) is 0 Å². The van der Waals surface area contributed by atoms with Gasteiger partial charge in [0.25, 0.3) is 5.92 Å². The number of nitrogens with two attached hydrogens (primary N) is 1. The van der Waals surface area contributed by atoms with E-state index >= 15 is 0 Å². The number of nitrogens with zero attached hydrogens (tertiary/aromatic N) is 1. The highest BCUT2D eigenvalue weighted by Crippen LogP contribution is 2.18. The molecule has 0 fully saturated rings. The summed E-state index contributed by atoms with van der Waals surface area (Å²) >= 11 is 0. The number of hydrogen-bond acceptors (Lipinski definition) is 2. The molecule has 2 rings (SSSR count). The Kier molecular flexibility index (Phi) is 5.42. The van der Waals surface area contributed by atoms with Gasteiger partial charge in [-0.15, -0.1) is 0 Å².